The molecule has 0 spiro atoms. The SMILES string of the molecule is CC1CCCN(CCC(=O)Cc2cccs2)C1.Cl. The minimum Gasteiger partial charge on any atom is -0.303 e. The van der Waals surface area contributed by atoms with E-state index in [1.165, 1.54) is 30.8 Å². The van der Waals surface area contributed by atoms with Crippen LogP contribution in [-0.2, 0) is 11.2 Å². The van der Waals surface area contributed by atoms with E-state index in [-0.39, 0.29) is 12.4 Å². The number of ketones is 1. The molecule has 18 heavy (non-hydrogen) atoms. The lowest BCUT2D eigenvalue weighted by atomic mass is 10.00. The lowest BCUT2D eigenvalue weighted by molar-refractivity contribution is -0.118. The third kappa shape index (κ3) is 5.09. The molecule has 2 rings (SSSR count). The molecule has 0 N–H and O–H groups in total. The number of thiophene rings is 1. The lowest BCUT2D eigenvalue weighted by Crippen LogP contribution is -2.35. The molecule has 1 atom stereocenters. The van der Waals surface area contributed by atoms with Crippen LogP contribution in [0.4, 0.5) is 0 Å². The zero-order chi connectivity index (χ0) is 12.1. The number of nitrogens with zero attached hydrogens (tertiary/aromatic N) is 1. The highest BCUT2D eigenvalue weighted by molar-refractivity contribution is 7.10. The van der Waals surface area contributed by atoms with Crippen molar-refractivity contribution < 1.29 is 4.79 Å². The standard InChI is InChI=1S/C14H21NOS.ClH/c1-12-4-2-7-15(11-12)8-6-13(16)10-14-5-3-9-17-14;/h3,5,9,12H,2,4,6-8,10-11H2,1H3;1H. The second-order valence-corrected chi connectivity index (χ2v) is 6.13. The number of carbonyl (C=O) groups is 1. The maximum absolute atomic E-state index is 11.8. The van der Waals surface area contributed by atoms with Crippen molar-refractivity contribution in [2.45, 2.75) is 32.6 Å². The van der Waals surface area contributed by atoms with Crippen molar-refractivity contribution in [3.63, 3.8) is 0 Å². The van der Waals surface area contributed by atoms with Gasteiger partial charge in [-0.15, -0.1) is 23.7 Å². The monoisotopic (exact) mass is 287 g/mol. The van der Waals surface area contributed by atoms with Crippen LogP contribution in [-0.4, -0.2) is 30.3 Å². The van der Waals surface area contributed by atoms with Gasteiger partial charge in [-0.25, -0.2) is 0 Å². The fourth-order valence-electron chi connectivity index (χ4n) is 2.47. The van der Waals surface area contributed by atoms with Crippen molar-refractivity contribution in [1.29, 1.82) is 0 Å². The maximum atomic E-state index is 11.8. The summed E-state index contributed by atoms with van der Waals surface area (Å²) in [6.07, 6.45) is 3.98. The summed E-state index contributed by atoms with van der Waals surface area (Å²) in [5, 5.41) is 2.04. The van der Waals surface area contributed by atoms with Gasteiger partial charge < -0.3 is 4.90 Å². The van der Waals surface area contributed by atoms with Gasteiger partial charge in [-0.05, 0) is 36.8 Å². The van der Waals surface area contributed by atoms with Gasteiger partial charge in [-0.1, -0.05) is 13.0 Å². The molecule has 4 heteroatoms. The van der Waals surface area contributed by atoms with Crippen LogP contribution >= 0.6 is 23.7 Å². The van der Waals surface area contributed by atoms with Crippen molar-refractivity contribution in [3.05, 3.63) is 22.4 Å². The van der Waals surface area contributed by atoms with E-state index in [0.29, 0.717) is 18.6 Å². The van der Waals surface area contributed by atoms with Crippen molar-refractivity contribution >= 4 is 29.5 Å². The molecule has 0 saturated carbocycles. The smallest absolute Gasteiger partial charge is 0.139 e. The first-order chi connectivity index (χ1) is 8.24. The summed E-state index contributed by atoms with van der Waals surface area (Å²) in [6, 6.07) is 4.06. The lowest BCUT2D eigenvalue weighted by Gasteiger charge is -2.30. The van der Waals surface area contributed by atoms with E-state index in [1.807, 2.05) is 17.5 Å². The second kappa shape index (κ2) is 7.93. The first kappa shape index (κ1) is 15.7. The topological polar surface area (TPSA) is 20.3 Å². The quantitative estimate of drug-likeness (QED) is 0.827. The summed E-state index contributed by atoms with van der Waals surface area (Å²) >= 11 is 1.68. The fraction of sp³-hybridized carbons (Fsp3) is 0.643. The van der Waals surface area contributed by atoms with E-state index in [0.717, 1.165) is 12.5 Å². The van der Waals surface area contributed by atoms with Gasteiger partial charge in [-0.3, -0.25) is 4.79 Å². The summed E-state index contributed by atoms with van der Waals surface area (Å²) in [4.78, 5) is 15.5. The van der Waals surface area contributed by atoms with Gasteiger partial charge in [0.15, 0.2) is 0 Å². The zero-order valence-electron chi connectivity index (χ0n) is 10.9. The molecule has 1 aliphatic heterocycles. The molecule has 0 bridgehead atoms. The summed E-state index contributed by atoms with van der Waals surface area (Å²) in [5.74, 6) is 1.18. The number of Topliss-reactive ketones (excluding diaryl/α,β-unsaturated/α-hetero) is 1. The van der Waals surface area contributed by atoms with E-state index in [4.69, 9.17) is 0 Å². The minimum absolute atomic E-state index is 0. The van der Waals surface area contributed by atoms with Crippen LogP contribution in [0.25, 0.3) is 0 Å². The predicted octanol–water partition coefficient (Wildman–Crippen LogP) is 3.40. The number of halogens is 1. The summed E-state index contributed by atoms with van der Waals surface area (Å²) in [7, 11) is 0. The molecule has 1 aromatic rings. The van der Waals surface area contributed by atoms with Gasteiger partial charge in [0.25, 0.3) is 0 Å². The molecule has 0 aliphatic carbocycles. The summed E-state index contributed by atoms with van der Waals surface area (Å²) < 4.78 is 0. The molecule has 102 valence electrons. The summed E-state index contributed by atoms with van der Waals surface area (Å²) in [6.45, 7) is 5.61. The van der Waals surface area contributed by atoms with Crippen LogP contribution in [0.3, 0.4) is 0 Å². The molecule has 1 aliphatic rings. The van der Waals surface area contributed by atoms with E-state index in [2.05, 4.69) is 11.8 Å². The van der Waals surface area contributed by atoms with Gasteiger partial charge in [0.1, 0.15) is 5.78 Å². The van der Waals surface area contributed by atoms with E-state index in [1.54, 1.807) is 11.3 Å². The summed E-state index contributed by atoms with van der Waals surface area (Å²) in [5.41, 5.74) is 0. The molecule has 0 aromatic carbocycles. The minimum atomic E-state index is 0. The molecule has 1 aromatic heterocycles. The van der Waals surface area contributed by atoms with Crippen LogP contribution in [0.2, 0.25) is 0 Å². The average Bonchev–Trinajstić information content (AvgIpc) is 2.79. The highest BCUT2D eigenvalue weighted by Crippen LogP contribution is 2.16. The van der Waals surface area contributed by atoms with E-state index < -0.39 is 0 Å². The molecule has 0 radical (unpaired) electrons. The van der Waals surface area contributed by atoms with Gasteiger partial charge in [-0.2, -0.15) is 0 Å². The average molecular weight is 288 g/mol. The van der Waals surface area contributed by atoms with Gasteiger partial charge in [0, 0.05) is 30.8 Å². The molecule has 1 fully saturated rings. The van der Waals surface area contributed by atoms with Gasteiger partial charge >= 0.3 is 0 Å². The first-order valence-electron chi connectivity index (χ1n) is 6.50. The molecule has 2 heterocycles. The Balaban J connectivity index is 0.00000162. The number of piperidine rings is 1. The normalized spacial score (nSPS) is 20.4. The Labute approximate surface area is 120 Å². The fourth-order valence-corrected chi connectivity index (χ4v) is 3.20. The van der Waals surface area contributed by atoms with Gasteiger partial charge in [0.05, 0.1) is 0 Å². The Morgan fingerprint density at radius 3 is 3.06 bits per heavy atom. The highest BCUT2D eigenvalue weighted by Gasteiger charge is 2.16. The molecular weight excluding hydrogens is 266 g/mol. The Hall–Kier alpha value is -0.380. The Morgan fingerprint density at radius 1 is 1.56 bits per heavy atom. The Morgan fingerprint density at radius 2 is 2.39 bits per heavy atom. The van der Waals surface area contributed by atoms with Crippen LogP contribution in [0.5, 0.6) is 0 Å². The van der Waals surface area contributed by atoms with Crippen molar-refractivity contribution in [1.82, 2.24) is 4.90 Å². The molecule has 0 amide bonds. The van der Waals surface area contributed by atoms with Crippen LogP contribution in [0, 0.1) is 5.92 Å². The Kier molecular flexibility index (Phi) is 6.90. The predicted molar refractivity (Wildman–Crippen MR) is 79.7 cm³/mol. The number of carbonyl (C=O) groups excluding carboxylic acids is 1. The Bertz CT molecular complexity index is 353. The molecule has 1 saturated heterocycles. The van der Waals surface area contributed by atoms with Crippen molar-refractivity contribution in [3.8, 4) is 0 Å². The van der Waals surface area contributed by atoms with Crippen LogP contribution in [0.1, 0.15) is 31.1 Å². The number of likely N-dealkylation sites (tertiary alicyclic amines) is 1. The van der Waals surface area contributed by atoms with Crippen LogP contribution < -0.4 is 0 Å². The van der Waals surface area contributed by atoms with Crippen LogP contribution in [0.15, 0.2) is 17.5 Å². The molecular formula is C14H22ClNOS. The third-order valence-electron chi connectivity index (χ3n) is 3.40. The van der Waals surface area contributed by atoms with Crippen molar-refractivity contribution in [2.75, 3.05) is 19.6 Å². The van der Waals surface area contributed by atoms with Crippen molar-refractivity contribution in [2.24, 2.45) is 5.92 Å². The zero-order valence-corrected chi connectivity index (χ0v) is 12.6. The number of hydrogen-bond donors (Lipinski definition) is 0. The molecule has 1 unspecified atom stereocenters. The second-order valence-electron chi connectivity index (χ2n) is 5.09. The number of rotatable bonds is 5. The largest absolute Gasteiger partial charge is 0.303 e. The first-order valence-corrected chi connectivity index (χ1v) is 7.38. The van der Waals surface area contributed by atoms with E-state index in [9.17, 15) is 4.79 Å². The maximum Gasteiger partial charge on any atom is 0.139 e. The van der Waals surface area contributed by atoms with E-state index >= 15 is 0 Å². The highest BCUT2D eigenvalue weighted by atomic mass is 35.5. The van der Waals surface area contributed by atoms with Gasteiger partial charge in [0.2, 0.25) is 0 Å². The molecule has 2 nitrogen and oxygen atoms in total. The third-order valence-corrected chi connectivity index (χ3v) is 4.28. The number of hydrogen-bond acceptors (Lipinski definition) is 3.